The summed E-state index contributed by atoms with van der Waals surface area (Å²) >= 11 is 1.54. The Hall–Kier alpha value is -1.40. The first-order valence-corrected chi connectivity index (χ1v) is 10.7. The summed E-state index contributed by atoms with van der Waals surface area (Å²) in [7, 11) is 0. The van der Waals surface area contributed by atoms with E-state index >= 15 is 0 Å². The van der Waals surface area contributed by atoms with Crippen LogP contribution >= 0.6 is 11.8 Å². The van der Waals surface area contributed by atoms with Crippen molar-refractivity contribution in [3.63, 3.8) is 0 Å². The van der Waals surface area contributed by atoms with E-state index in [-0.39, 0.29) is 64.4 Å². The van der Waals surface area contributed by atoms with E-state index in [1.807, 2.05) is 4.90 Å². The Bertz CT molecular complexity index is 441. The van der Waals surface area contributed by atoms with Crippen LogP contribution in [0.25, 0.3) is 0 Å². The quantitative estimate of drug-likeness (QED) is 0.138. The molecule has 0 aromatic heterocycles. The van der Waals surface area contributed by atoms with Crippen LogP contribution in [0.4, 0.5) is 0 Å². The fourth-order valence-corrected chi connectivity index (χ4v) is 3.15. The molecule has 0 aliphatic carbocycles. The summed E-state index contributed by atoms with van der Waals surface area (Å²) in [4.78, 5) is 36.8. The monoisotopic (exact) mass is 439 g/mol. The zero-order chi connectivity index (χ0) is 21.9. The number of aliphatic hydroxyl groups excluding tert-OH is 3. The van der Waals surface area contributed by atoms with E-state index in [4.69, 9.17) is 29.5 Å². The van der Waals surface area contributed by atoms with E-state index in [2.05, 4.69) is 0 Å². The van der Waals surface area contributed by atoms with Gasteiger partial charge in [-0.3, -0.25) is 14.4 Å². The summed E-state index contributed by atoms with van der Waals surface area (Å²) in [6.45, 7) is 2.31. The molecule has 0 heterocycles. The fraction of sp³-hybridized carbons (Fsp3) is 0.833. The van der Waals surface area contributed by atoms with E-state index in [0.717, 1.165) is 0 Å². The van der Waals surface area contributed by atoms with E-state index in [1.54, 1.807) is 18.7 Å². The van der Waals surface area contributed by atoms with Gasteiger partial charge in [-0.1, -0.05) is 6.92 Å². The number of esters is 3. The second-order valence-electron chi connectivity index (χ2n) is 6.10. The molecule has 0 radical (unpaired) electrons. The molecule has 0 saturated heterocycles. The first-order valence-electron chi connectivity index (χ1n) is 9.55. The number of carbonyl (C=O) groups excluding carboxylic acids is 3. The number of ether oxygens (including phenoxy) is 3. The van der Waals surface area contributed by atoms with E-state index in [1.165, 1.54) is 0 Å². The van der Waals surface area contributed by atoms with Gasteiger partial charge in [0.25, 0.3) is 0 Å². The molecule has 0 rings (SSSR count). The standard InChI is InChI=1S/C18H33NO9S/c1-15(18(25)28-12-9-22)14-29-13-6-19(4-2-16(23)26-10-7-20)5-3-17(24)27-11-8-21/h15,20-22H,2-14H2,1H3. The second-order valence-corrected chi connectivity index (χ2v) is 7.25. The van der Waals surface area contributed by atoms with Gasteiger partial charge in [0.05, 0.1) is 38.6 Å². The summed E-state index contributed by atoms with van der Waals surface area (Å²) in [5, 5.41) is 26.0. The molecule has 1 unspecified atom stereocenters. The van der Waals surface area contributed by atoms with E-state index in [0.29, 0.717) is 31.1 Å². The number of nitrogens with zero attached hydrogens (tertiary/aromatic N) is 1. The van der Waals surface area contributed by atoms with Crippen molar-refractivity contribution in [2.75, 3.05) is 70.8 Å². The fourth-order valence-electron chi connectivity index (χ4n) is 2.11. The second kappa shape index (κ2) is 18.6. The highest BCUT2D eigenvalue weighted by Crippen LogP contribution is 2.11. The lowest BCUT2D eigenvalue weighted by Gasteiger charge is -2.21. The molecule has 0 saturated carbocycles. The molecule has 0 aromatic carbocycles. The van der Waals surface area contributed by atoms with Crippen LogP contribution < -0.4 is 0 Å². The lowest BCUT2D eigenvalue weighted by Crippen LogP contribution is -2.32. The van der Waals surface area contributed by atoms with Gasteiger partial charge in [-0.15, -0.1) is 0 Å². The van der Waals surface area contributed by atoms with Crippen molar-refractivity contribution >= 4 is 29.7 Å². The minimum Gasteiger partial charge on any atom is -0.463 e. The van der Waals surface area contributed by atoms with Gasteiger partial charge >= 0.3 is 17.9 Å². The Morgan fingerprint density at radius 2 is 1.31 bits per heavy atom. The van der Waals surface area contributed by atoms with Crippen LogP contribution in [0.1, 0.15) is 19.8 Å². The van der Waals surface area contributed by atoms with E-state index in [9.17, 15) is 14.4 Å². The third-order valence-corrected chi connectivity index (χ3v) is 4.84. The minimum absolute atomic E-state index is 0.0135. The van der Waals surface area contributed by atoms with Crippen molar-refractivity contribution in [1.29, 1.82) is 0 Å². The summed E-state index contributed by atoms with van der Waals surface area (Å²) in [6.07, 6.45) is 0.250. The van der Waals surface area contributed by atoms with E-state index < -0.39 is 11.9 Å². The zero-order valence-electron chi connectivity index (χ0n) is 16.9. The van der Waals surface area contributed by atoms with Crippen molar-refractivity contribution in [3.05, 3.63) is 0 Å². The van der Waals surface area contributed by atoms with Gasteiger partial charge in [-0.2, -0.15) is 11.8 Å². The van der Waals surface area contributed by atoms with Crippen molar-refractivity contribution in [3.8, 4) is 0 Å². The van der Waals surface area contributed by atoms with Crippen molar-refractivity contribution in [1.82, 2.24) is 4.90 Å². The third kappa shape index (κ3) is 16.1. The van der Waals surface area contributed by atoms with Crippen LogP contribution in [0.5, 0.6) is 0 Å². The highest BCUT2D eigenvalue weighted by Gasteiger charge is 2.16. The molecule has 0 fully saturated rings. The lowest BCUT2D eigenvalue weighted by atomic mass is 10.2. The zero-order valence-corrected chi connectivity index (χ0v) is 17.7. The Balaban J connectivity index is 4.32. The molecule has 0 aromatic rings. The molecule has 29 heavy (non-hydrogen) atoms. The van der Waals surface area contributed by atoms with Crippen molar-refractivity contribution in [2.45, 2.75) is 19.8 Å². The smallest absolute Gasteiger partial charge is 0.309 e. The van der Waals surface area contributed by atoms with Crippen LogP contribution in [0.2, 0.25) is 0 Å². The van der Waals surface area contributed by atoms with Crippen LogP contribution in [0, 0.1) is 5.92 Å². The third-order valence-electron chi connectivity index (χ3n) is 3.63. The highest BCUT2D eigenvalue weighted by atomic mass is 32.2. The van der Waals surface area contributed by atoms with Gasteiger partial charge in [0, 0.05) is 31.1 Å². The average Bonchev–Trinajstić information content (AvgIpc) is 2.72. The number of aliphatic hydroxyl groups is 3. The summed E-state index contributed by atoms with van der Waals surface area (Å²) in [5.41, 5.74) is 0. The largest absolute Gasteiger partial charge is 0.463 e. The number of rotatable bonds is 18. The molecular formula is C18H33NO9S. The van der Waals surface area contributed by atoms with Gasteiger partial charge in [0.1, 0.15) is 19.8 Å². The number of hydrogen-bond acceptors (Lipinski definition) is 11. The molecule has 10 nitrogen and oxygen atoms in total. The number of carbonyl (C=O) groups is 3. The van der Waals surface area contributed by atoms with Gasteiger partial charge in [-0.05, 0) is 0 Å². The molecule has 170 valence electrons. The van der Waals surface area contributed by atoms with Crippen LogP contribution in [-0.2, 0) is 28.6 Å². The molecule has 3 N–H and O–H groups in total. The maximum Gasteiger partial charge on any atom is 0.309 e. The van der Waals surface area contributed by atoms with Crippen LogP contribution in [0.15, 0.2) is 0 Å². The molecule has 0 amide bonds. The Morgan fingerprint density at radius 3 is 1.79 bits per heavy atom. The Labute approximate surface area is 175 Å². The molecule has 1 atom stereocenters. The normalized spacial score (nSPS) is 11.9. The number of thioether (sulfide) groups is 1. The molecular weight excluding hydrogens is 406 g/mol. The maximum atomic E-state index is 11.7. The summed E-state index contributed by atoms with van der Waals surface area (Å²) in [6, 6.07) is 0. The molecule has 0 spiro atoms. The topological polar surface area (TPSA) is 143 Å². The van der Waals surface area contributed by atoms with Gasteiger partial charge in [-0.25, -0.2) is 0 Å². The Morgan fingerprint density at radius 1 is 0.828 bits per heavy atom. The summed E-state index contributed by atoms with van der Waals surface area (Å²) < 4.78 is 14.5. The first-order chi connectivity index (χ1) is 13.9. The maximum absolute atomic E-state index is 11.7. The minimum atomic E-state index is -0.431. The average molecular weight is 440 g/mol. The number of hydrogen-bond donors (Lipinski definition) is 3. The van der Waals surface area contributed by atoms with Crippen LogP contribution in [-0.4, -0.2) is 109 Å². The van der Waals surface area contributed by atoms with Crippen molar-refractivity contribution < 1.29 is 43.9 Å². The first kappa shape index (κ1) is 27.6. The predicted molar refractivity (Wildman–Crippen MR) is 106 cm³/mol. The lowest BCUT2D eigenvalue weighted by molar-refractivity contribution is -0.148. The van der Waals surface area contributed by atoms with Gasteiger partial charge < -0.3 is 34.4 Å². The summed E-state index contributed by atoms with van der Waals surface area (Å²) in [5.74, 6) is -0.298. The predicted octanol–water partition coefficient (Wildman–Crippen LogP) is -0.956. The molecule has 11 heteroatoms. The van der Waals surface area contributed by atoms with Gasteiger partial charge in [0.15, 0.2) is 0 Å². The van der Waals surface area contributed by atoms with Crippen LogP contribution in [0.3, 0.4) is 0 Å². The van der Waals surface area contributed by atoms with Crippen molar-refractivity contribution in [2.24, 2.45) is 5.92 Å². The highest BCUT2D eigenvalue weighted by molar-refractivity contribution is 7.99. The molecule has 0 aliphatic heterocycles. The van der Waals surface area contributed by atoms with Gasteiger partial charge in [0.2, 0.25) is 0 Å². The SMILES string of the molecule is CC(CSCCN(CCC(=O)OCCO)CCC(=O)OCCO)C(=O)OCCO. The Kier molecular flexibility index (Phi) is 17.7. The molecule has 0 aliphatic rings. The molecule has 0 bridgehead atoms.